The molecule has 0 fully saturated rings. The largest absolute Gasteiger partial charge is 0.370 e. The molecule has 0 aliphatic carbocycles. The zero-order valence-corrected chi connectivity index (χ0v) is 9.24. The zero-order valence-electron chi connectivity index (χ0n) is 9.24. The molecule has 16 heavy (non-hydrogen) atoms. The molecule has 5 heteroatoms. The minimum Gasteiger partial charge on any atom is -0.370 e. The number of amides is 1. The molecule has 1 amide bonds. The number of hydrogen-bond acceptors (Lipinski definition) is 3. The van der Waals surface area contributed by atoms with Crippen molar-refractivity contribution in [3.63, 3.8) is 0 Å². The number of hydrogen-bond donors (Lipinski definition) is 2. The van der Waals surface area contributed by atoms with E-state index in [1.54, 1.807) is 12.1 Å². The van der Waals surface area contributed by atoms with E-state index in [1.807, 2.05) is 11.8 Å². The number of anilines is 1. The molecule has 0 aliphatic rings. The number of carbonyl (C=O) groups excluding carboxylic acids is 1. The van der Waals surface area contributed by atoms with Crippen molar-refractivity contribution < 1.29 is 9.18 Å². The number of carbonyl (C=O) groups is 1. The molecule has 4 nitrogen and oxygen atoms in total. The molecule has 88 valence electrons. The maximum Gasteiger partial charge on any atom is 0.253 e. The van der Waals surface area contributed by atoms with Gasteiger partial charge in [0.05, 0.1) is 11.3 Å². The van der Waals surface area contributed by atoms with Gasteiger partial charge in [0.25, 0.3) is 5.91 Å². The number of primary amides is 1. The maximum absolute atomic E-state index is 13.5. The van der Waals surface area contributed by atoms with Gasteiger partial charge >= 0.3 is 0 Å². The average Bonchev–Trinajstić information content (AvgIpc) is 2.25. The summed E-state index contributed by atoms with van der Waals surface area (Å²) in [5, 5.41) is 0. The highest BCUT2D eigenvalue weighted by atomic mass is 19.1. The van der Waals surface area contributed by atoms with Crippen LogP contribution in [0.2, 0.25) is 0 Å². The standard InChI is InChI=1S/C11H16FN3O/c1-2-15(7-6-13)9-5-3-4-8(12)10(9)11(14)16/h3-5H,2,6-7,13H2,1H3,(H2,14,16). The van der Waals surface area contributed by atoms with Gasteiger partial charge < -0.3 is 16.4 Å². The fourth-order valence-electron chi connectivity index (χ4n) is 1.62. The Morgan fingerprint density at radius 2 is 2.19 bits per heavy atom. The van der Waals surface area contributed by atoms with Gasteiger partial charge in [-0.3, -0.25) is 4.79 Å². The molecule has 0 heterocycles. The van der Waals surface area contributed by atoms with Crippen molar-refractivity contribution in [3.05, 3.63) is 29.6 Å². The molecular weight excluding hydrogens is 209 g/mol. The Hall–Kier alpha value is -1.62. The Balaban J connectivity index is 3.20. The van der Waals surface area contributed by atoms with E-state index in [0.29, 0.717) is 25.3 Å². The molecule has 0 atom stereocenters. The molecular formula is C11H16FN3O. The molecule has 0 unspecified atom stereocenters. The van der Waals surface area contributed by atoms with Crippen LogP contribution in [0, 0.1) is 5.82 Å². The van der Waals surface area contributed by atoms with Gasteiger partial charge in [-0.2, -0.15) is 0 Å². The van der Waals surface area contributed by atoms with Crippen LogP contribution in [-0.2, 0) is 0 Å². The molecule has 1 rings (SSSR count). The Labute approximate surface area is 94.0 Å². The average molecular weight is 225 g/mol. The smallest absolute Gasteiger partial charge is 0.253 e. The van der Waals surface area contributed by atoms with Gasteiger partial charge in [-0.1, -0.05) is 6.07 Å². The van der Waals surface area contributed by atoms with Gasteiger partial charge in [0.1, 0.15) is 5.82 Å². The van der Waals surface area contributed by atoms with Crippen LogP contribution in [0.4, 0.5) is 10.1 Å². The second kappa shape index (κ2) is 5.46. The molecule has 0 spiro atoms. The number of nitrogens with zero attached hydrogens (tertiary/aromatic N) is 1. The van der Waals surface area contributed by atoms with Crippen LogP contribution in [0.3, 0.4) is 0 Å². The minimum atomic E-state index is -0.761. The van der Waals surface area contributed by atoms with Crippen LogP contribution in [0.15, 0.2) is 18.2 Å². The van der Waals surface area contributed by atoms with E-state index in [9.17, 15) is 9.18 Å². The lowest BCUT2D eigenvalue weighted by molar-refractivity contribution is 0.0997. The van der Waals surface area contributed by atoms with E-state index in [1.165, 1.54) is 6.07 Å². The summed E-state index contributed by atoms with van der Waals surface area (Å²) in [6.07, 6.45) is 0. The highest BCUT2D eigenvalue weighted by Gasteiger charge is 2.17. The van der Waals surface area contributed by atoms with E-state index >= 15 is 0 Å². The molecule has 4 N–H and O–H groups in total. The van der Waals surface area contributed by atoms with Crippen LogP contribution >= 0.6 is 0 Å². The normalized spacial score (nSPS) is 10.2. The first kappa shape index (κ1) is 12.4. The summed E-state index contributed by atoms with van der Waals surface area (Å²) in [6.45, 7) is 3.54. The Morgan fingerprint density at radius 1 is 1.50 bits per heavy atom. The Morgan fingerprint density at radius 3 is 2.69 bits per heavy atom. The van der Waals surface area contributed by atoms with E-state index < -0.39 is 11.7 Å². The number of nitrogens with two attached hydrogens (primary N) is 2. The lowest BCUT2D eigenvalue weighted by atomic mass is 10.1. The fourth-order valence-corrected chi connectivity index (χ4v) is 1.62. The molecule has 0 saturated carbocycles. The van der Waals surface area contributed by atoms with Gasteiger partial charge in [0.15, 0.2) is 0 Å². The topological polar surface area (TPSA) is 72.3 Å². The van der Waals surface area contributed by atoms with Crippen LogP contribution in [0.1, 0.15) is 17.3 Å². The minimum absolute atomic E-state index is 0.0715. The third kappa shape index (κ3) is 2.49. The first-order valence-corrected chi connectivity index (χ1v) is 5.15. The number of rotatable bonds is 5. The van der Waals surface area contributed by atoms with E-state index in [0.717, 1.165) is 0 Å². The summed E-state index contributed by atoms with van der Waals surface area (Å²) in [6, 6.07) is 4.44. The Kier molecular flexibility index (Phi) is 4.25. The van der Waals surface area contributed by atoms with E-state index in [-0.39, 0.29) is 5.56 Å². The predicted octanol–water partition coefficient (Wildman–Crippen LogP) is 0.710. The summed E-state index contributed by atoms with van der Waals surface area (Å²) in [4.78, 5) is 13.0. The molecule has 0 saturated heterocycles. The van der Waals surface area contributed by atoms with Crippen molar-refractivity contribution in [1.29, 1.82) is 0 Å². The molecule has 0 bridgehead atoms. The van der Waals surface area contributed by atoms with Crippen molar-refractivity contribution in [2.75, 3.05) is 24.5 Å². The third-order valence-electron chi connectivity index (χ3n) is 2.36. The van der Waals surface area contributed by atoms with Crippen molar-refractivity contribution >= 4 is 11.6 Å². The van der Waals surface area contributed by atoms with E-state index in [2.05, 4.69) is 0 Å². The lowest BCUT2D eigenvalue weighted by Gasteiger charge is -2.24. The van der Waals surface area contributed by atoms with Crippen LogP contribution in [0.5, 0.6) is 0 Å². The number of likely N-dealkylation sites (N-methyl/N-ethyl adjacent to an activating group) is 1. The van der Waals surface area contributed by atoms with Crippen molar-refractivity contribution in [3.8, 4) is 0 Å². The summed E-state index contributed by atoms with van der Waals surface area (Å²) < 4.78 is 13.5. The summed E-state index contributed by atoms with van der Waals surface area (Å²) in [5.74, 6) is -1.36. The summed E-state index contributed by atoms with van der Waals surface area (Å²) in [5.41, 5.74) is 11.1. The highest BCUT2D eigenvalue weighted by molar-refractivity contribution is 5.99. The zero-order chi connectivity index (χ0) is 12.1. The predicted molar refractivity (Wildman–Crippen MR) is 61.9 cm³/mol. The summed E-state index contributed by atoms with van der Waals surface area (Å²) >= 11 is 0. The quantitative estimate of drug-likeness (QED) is 0.775. The summed E-state index contributed by atoms with van der Waals surface area (Å²) in [7, 11) is 0. The molecule has 0 aliphatic heterocycles. The second-order valence-electron chi connectivity index (χ2n) is 3.37. The molecule has 1 aromatic rings. The molecule has 0 radical (unpaired) electrons. The van der Waals surface area contributed by atoms with Gasteiger partial charge in [-0.15, -0.1) is 0 Å². The number of halogens is 1. The van der Waals surface area contributed by atoms with Crippen LogP contribution in [-0.4, -0.2) is 25.5 Å². The van der Waals surface area contributed by atoms with Crippen molar-refractivity contribution in [1.82, 2.24) is 0 Å². The molecule has 1 aromatic carbocycles. The second-order valence-corrected chi connectivity index (χ2v) is 3.37. The van der Waals surface area contributed by atoms with E-state index in [4.69, 9.17) is 11.5 Å². The maximum atomic E-state index is 13.5. The monoisotopic (exact) mass is 225 g/mol. The van der Waals surface area contributed by atoms with Gasteiger partial charge in [0, 0.05) is 19.6 Å². The van der Waals surface area contributed by atoms with Gasteiger partial charge in [-0.25, -0.2) is 4.39 Å². The first-order valence-electron chi connectivity index (χ1n) is 5.15. The van der Waals surface area contributed by atoms with Crippen LogP contribution < -0.4 is 16.4 Å². The van der Waals surface area contributed by atoms with Crippen molar-refractivity contribution in [2.45, 2.75) is 6.92 Å². The third-order valence-corrected chi connectivity index (χ3v) is 2.36. The van der Waals surface area contributed by atoms with Crippen molar-refractivity contribution in [2.24, 2.45) is 11.5 Å². The van der Waals surface area contributed by atoms with Gasteiger partial charge in [-0.05, 0) is 19.1 Å². The lowest BCUT2D eigenvalue weighted by Crippen LogP contribution is -2.31. The number of benzene rings is 1. The Bertz CT molecular complexity index is 381. The first-order chi connectivity index (χ1) is 7.61. The highest BCUT2D eigenvalue weighted by Crippen LogP contribution is 2.22. The fraction of sp³-hybridized carbons (Fsp3) is 0.364. The van der Waals surface area contributed by atoms with Crippen LogP contribution in [0.25, 0.3) is 0 Å². The van der Waals surface area contributed by atoms with Gasteiger partial charge in [0.2, 0.25) is 0 Å². The molecule has 0 aromatic heterocycles. The SMILES string of the molecule is CCN(CCN)c1cccc(F)c1C(N)=O.